The molecule has 1 aromatic heterocycles. The van der Waals surface area contributed by atoms with Crippen LogP contribution in [0.1, 0.15) is 33.0 Å². The third-order valence-corrected chi connectivity index (χ3v) is 3.65. The molecule has 1 nitrogen and oxygen atoms in total. The van der Waals surface area contributed by atoms with E-state index in [1.165, 1.54) is 16.7 Å². The van der Waals surface area contributed by atoms with Gasteiger partial charge in [0, 0.05) is 0 Å². The van der Waals surface area contributed by atoms with Crippen LogP contribution in [0.2, 0.25) is 0 Å². The van der Waals surface area contributed by atoms with Gasteiger partial charge in [-0.1, -0.05) is 39.7 Å². The van der Waals surface area contributed by atoms with Gasteiger partial charge in [0.15, 0.2) is 0 Å². The van der Waals surface area contributed by atoms with Gasteiger partial charge in [0.25, 0.3) is 0 Å². The quantitative estimate of drug-likeness (QED) is 0.727. The average Bonchev–Trinajstić information content (AvgIpc) is 2.64. The van der Waals surface area contributed by atoms with Crippen molar-refractivity contribution in [2.45, 2.75) is 25.6 Å². The first kappa shape index (κ1) is 11.5. The molecular formula is C14H15BrO. The molecule has 0 radical (unpaired) electrons. The van der Waals surface area contributed by atoms with Crippen molar-refractivity contribution in [3.8, 4) is 0 Å². The van der Waals surface area contributed by atoms with Gasteiger partial charge in [0.1, 0.15) is 11.5 Å². The molecule has 0 amide bonds. The van der Waals surface area contributed by atoms with Gasteiger partial charge in [-0.2, -0.15) is 0 Å². The van der Waals surface area contributed by atoms with Crippen LogP contribution in [0.25, 0.3) is 0 Å². The molecule has 16 heavy (non-hydrogen) atoms. The largest absolute Gasteiger partial charge is 0.465 e. The zero-order valence-corrected chi connectivity index (χ0v) is 11.3. The van der Waals surface area contributed by atoms with Gasteiger partial charge in [-0.25, -0.2) is 0 Å². The Morgan fingerprint density at radius 1 is 1.06 bits per heavy atom. The first-order chi connectivity index (χ1) is 7.58. The molecule has 0 saturated heterocycles. The van der Waals surface area contributed by atoms with E-state index in [9.17, 15) is 0 Å². The lowest BCUT2D eigenvalue weighted by Gasteiger charge is -2.11. The lowest BCUT2D eigenvalue weighted by atomic mass is 10.0. The fourth-order valence-electron chi connectivity index (χ4n) is 1.85. The number of benzene rings is 1. The van der Waals surface area contributed by atoms with E-state index in [2.05, 4.69) is 48.0 Å². The number of hydrogen-bond donors (Lipinski definition) is 0. The summed E-state index contributed by atoms with van der Waals surface area (Å²) in [5, 5.41) is 0. The summed E-state index contributed by atoms with van der Waals surface area (Å²) in [6.07, 6.45) is 0. The van der Waals surface area contributed by atoms with Gasteiger partial charge >= 0.3 is 0 Å². The molecule has 2 aromatic rings. The Kier molecular flexibility index (Phi) is 3.20. The fourth-order valence-corrected chi connectivity index (χ4v) is 2.61. The maximum Gasteiger partial charge on any atom is 0.122 e. The minimum Gasteiger partial charge on any atom is -0.465 e. The second-order valence-corrected chi connectivity index (χ2v) is 5.09. The number of alkyl halides is 1. The Bertz CT molecular complexity index is 499. The number of furan rings is 1. The van der Waals surface area contributed by atoms with E-state index in [0.29, 0.717) is 0 Å². The first-order valence-corrected chi connectivity index (χ1v) is 6.27. The van der Waals surface area contributed by atoms with Crippen molar-refractivity contribution in [2.24, 2.45) is 0 Å². The second kappa shape index (κ2) is 4.46. The average molecular weight is 279 g/mol. The Morgan fingerprint density at radius 2 is 1.81 bits per heavy atom. The number of aryl methyl sites for hydroxylation is 3. The SMILES string of the molecule is Cc1ccc(C(Br)c2ccc(C)o2)c(C)c1. The molecule has 1 heterocycles. The predicted molar refractivity (Wildman–Crippen MR) is 70.1 cm³/mol. The summed E-state index contributed by atoms with van der Waals surface area (Å²) in [5.74, 6) is 1.91. The van der Waals surface area contributed by atoms with Crippen molar-refractivity contribution >= 4 is 15.9 Å². The van der Waals surface area contributed by atoms with Crippen LogP contribution >= 0.6 is 15.9 Å². The van der Waals surface area contributed by atoms with Crippen LogP contribution in [-0.4, -0.2) is 0 Å². The van der Waals surface area contributed by atoms with E-state index in [1.807, 2.05) is 19.1 Å². The highest BCUT2D eigenvalue weighted by Crippen LogP contribution is 2.33. The van der Waals surface area contributed by atoms with Crippen LogP contribution in [-0.2, 0) is 0 Å². The van der Waals surface area contributed by atoms with Crippen LogP contribution in [0.5, 0.6) is 0 Å². The van der Waals surface area contributed by atoms with Gasteiger partial charge in [-0.05, 0) is 44.0 Å². The zero-order valence-electron chi connectivity index (χ0n) is 9.75. The van der Waals surface area contributed by atoms with E-state index in [-0.39, 0.29) is 4.83 Å². The standard InChI is InChI=1S/C14H15BrO/c1-9-4-6-12(10(2)8-9)14(15)13-7-5-11(3)16-13/h4-8,14H,1-3H3. The summed E-state index contributed by atoms with van der Waals surface area (Å²) < 4.78 is 5.64. The number of halogens is 1. The Hall–Kier alpha value is -1.02. The van der Waals surface area contributed by atoms with Crippen molar-refractivity contribution in [3.05, 3.63) is 58.5 Å². The van der Waals surface area contributed by atoms with Crippen molar-refractivity contribution in [2.75, 3.05) is 0 Å². The molecule has 0 bridgehead atoms. The van der Waals surface area contributed by atoms with Gasteiger partial charge in [-0.15, -0.1) is 0 Å². The molecule has 84 valence electrons. The molecule has 0 aliphatic carbocycles. The number of hydrogen-bond acceptors (Lipinski definition) is 1. The summed E-state index contributed by atoms with van der Waals surface area (Å²) in [4.78, 5) is 0.141. The highest BCUT2D eigenvalue weighted by atomic mass is 79.9. The fraction of sp³-hybridized carbons (Fsp3) is 0.286. The summed E-state index contributed by atoms with van der Waals surface area (Å²) in [6.45, 7) is 6.20. The summed E-state index contributed by atoms with van der Waals surface area (Å²) in [6, 6.07) is 10.5. The highest BCUT2D eigenvalue weighted by Gasteiger charge is 2.15. The van der Waals surface area contributed by atoms with E-state index in [0.717, 1.165) is 11.5 Å². The van der Waals surface area contributed by atoms with Crippen molar-refractivity contribution in [1.82, 2.24) is 0 Å². The van der Waals surface area contributed by atoms with E-state index in [1.54, 1.807) is 0 Å². The molecule has 0 aliphatic rings. The molecule has 2 rings (SSSR count). The van der Waals surface area contributed by atoms with Crippen LogP contribution < -0.4 is 0 Å². The Labute approximate surface area is 105 Å². The normalized spacial score (nSPS) is 12.8. The zero-order chi connectivity index (χ0) is 11.7. The molecule has 0 N–H and O–H groups in total. The molecule has 1 aromatic carbocycles. The van der Waals surface area contributed by atoms with E-state index >= 15 is 0 Å². The molecule has 1 atom stereocenters. The lowest BCUT2D eigenvalue weighted by Crippen LogP contribution is -1.94. The van der Waals surface area contributed by atoms with Crippen LogP contribution in [0, 0.1) is 20.8 Å². The molecule has 1 unspecified atom stereocenters. The van der Waals surface area contributed by atoms with Crippen molar-refractivity contribution in [1.29, 1.82) is 0 Å². The maximum absolute atomic E-state index is 5.64. The monoisotopic (exact) mass is 278 g/mol. The topological polar surface area (TPSA) is 13.1 Å². The maximum atomic E-state index is 5.64. The molecule has 0 spiro atoms. The summed E-state index contributed by atoms with van der Waals surface area (Å²) in [5.41, 5.74) is 3.84. The first-order valence-electron chi connectivity index (χ1n) is 5.35. The predicted octanol–water partition coefficient (Wildman–Crippen LogP) is 4.69. The smallest absolute Gasteiger partial charge is 0.122 e. The Morgan fingerprint density at radius 3 is 2.38 bits per heavy atom. The summed E-state index contributed by atoms with van der Waals surface area (Å²) >= 11 is 3.69. The van der Waals surface area contributed by atoms with E-state index in [4.69, 9.17) is 4.42 Å². The molecular weight excluding hydrogens is 264 g/mol. The molecule has 0 aliphatic heterocycles. The lowest BCUT2D eigenvalue weighted by molar-refractivity contribution is 0.491. The highest BCUT2D eigenvalue weighted by molar-refractivity contribution is 9.09. The Balaban J connectivity index is 2.37. The molecule has 2 heteroatoms. The minimum absolute atomic E-state index is 0.141. The van der Waals surface area contributed by atoms with Gasteiger partial charge in [-0.3, -0.25) is 0 Å². The van der Waals surface area contributed by atoms with Crippen LogP contribution in [0.3, 0.4) is 0 Å². The van der Waals surface area contributed by atoms with Gasteiger partial charge in [0.05, 0.1) is 4.83 Å². The molecule has 0 saturated carbocycles. The second-order valence-electron chi connectivity index (χ2n) is 4.17. The molecule has 0 fully saturated rings. The van der Waals surface area contributed by atoms with Crippen molar-refractivity contribution < 1.29 is 4.42 Å². The third kappa shape index (κ3) is 2.22. The van der Waals surface area contributed by atoms with Crippen LogP contribution in [0.15, 0.2) is 34.7 Å². The summed E-state index contributed by atoms with van der Waals surface area (Å²) in [7, 11) is 0. The van der Waals surface area contributed by atoms with E-state index < -0.39 is 0 Å². The number of rotatable bonds is 2. The van der Waals surface area contributed by atoms with Gasteiger partial charge in [0.2, 0.25) is 0 Å². The van der Waals surface area contributed by atoms with Gasteiger partial charge < -0.3 is 4.42 Å². The minimum atomic E-state index is 0.141. The van der Waals surface area contributed by atoms with Crippen LogP contribution in [0.4, 0.5) is 0 Å². The third-order valence-electron chi connectivity index (χ3n) is 2.71. The van der Waals surface area contributed by atoms with Crippen molar-refractivity contribution in [3.63, 3.8) is 0 Å².